The van der Waals surface area contributed by atoms with Gasteiger partial charge in [-0.25, -0.2) is 0 Å². The molecule has 1 aromatic heterocycles. The Morgan fingerprint density at radius 1 is 1.14 bits per heavy atom. The van der Waals surface area contributed by atoms with Gasteiger partial charge in [0, 0.05) is 4.88 Å². The molecule has 0 aliphatic rings. The summed E-state index contributed by atoms with van der Waals surface area (Å²) in [7, 11) is 1.07. The second-order valence-electron chi connectivity index (χ2n) is 3.90. The molecular formula is C11H8F6O3S. The van der Waals surface area contributed by atoms with E-state index in [-0.39, 0.29) is 11.3 Å². The number of alkyl halides is 6. The zero-order chi connectivity index (χ0) is 16.4. The molecule has 0 saturated heterocycles. The Morgan fingerprint density at radius 2 is 1.67 bits per heavy atom. The number of ether oxygens (including phenoxy) is 1. The molecular weight excluding hydrogens is 326 g/mol. The second-order valence-corrected chi connectivity index (χ2v) is 5.07. The van der Waals surface area contributed by atoms with Crippen molar-refractivity contribution in [3.63, 3.8) is 0 Å². The van der Waals surface area contributed by atoms with Gasteiger partial charge in [0.05, 0.1) is 18.4 Å². The highest BCUT2D eigenvalue weighted by molar-refractivity contribution is 7.14. The fourth-order valence-corrected chi connectivity index (χ4v) is 2.41. The van der Waals surface area contributed by atoms with Crippen LogP contribution in [0.3, 0.4) is 0 Å². The van der Waals surface area contributed by atoms with Crippen molar-refractivity contribution < 1.29 is 40.7 Å². The molecule has 1 heterocycles. The molecule has 0 unspecified atom stereocenters. The first-order valence-corrected chi connectivity index (χ1v) is 6.11. The van der Waals surface area contributed by atoms with E-state index in [1.807, 2.05) is 0 Å². The summed E-state index contributed by atoms with van der Waals surface area (Å²) in [6.07, 6.45) is -11.8. The van der Waals surface area contributed by atoms with Crippen LogP contribution in [0.5, 0.6) is 0 Å². The van der Waals surface area contributed by atoms with E-state index in [1.54, 1.807) is 0 Å². The Kier molecular flexibility index (Phi) is 5.03. The maximum atomic E-state index is 12.4. The predicted octanol–water partition coefficient (Wildman–Crippen LogP) is 3.39. The molecule has 0 aliphatic heterocycles. The van der Waals surface area contributed by atoms with Crippen molar-refractivity contribution in [1.29, 1.82) is 0 Å². The first-order chi connectivity index (χ1) is 9.46. The maximum absolute atomic E-state index is 12.4. The van der Waals surface area contributed by atoms with E-state index >= 15 is 0 Å². The van der Waals surface area contributed by atoms with Crippen molar-refractivity contribution in [2.24, 2.45) is 5.92 Å². The Balaban J connectivity index is 3.04. The Hall–Kier alpha value is -1.58. The molecule has 0 bridgehead atoms. The van der Waals surface area contributed by atoms with Gasteiger partial charge < -0.3 is 4.74 Å². The number of methoxy groups -OCH3 is 1. The molecule has 0 saturated carbocycles. The highest BCUT2D eigenvalue weighted by Crippen LogP contribution is 2.42. The van der Waals surface area contributed by atoms with E-state index in [4.69, 9.17) is 0 Å². The number of hydrogen-bond donors (Lipinski definition) is 0. The van der Waals surface area contributed by atoms with Gasteiger partial charge in [0.15, 0.2) is 5.78 Å². The van der Waals surface area contributed by atoms with Crippen molar-refractivity contribution >= 4 is 23.1 Å². The summed E-state index contributed by atoms with van der Waals surface area (Å²) in [5, 5.41) is 0. The lowest BCUT2D eigenvalue weighted by Crippen LogP contribution is -2.42. The fourth-order valence-electron chi connectivity index (χ4n) is 1.44. The molecule has 0 spiro atoms. The van der Waals surface area contributed by atoms with Crippen molar-refractivity contribution in [1.82, 2.24) is 0 Å². The van der Waals surface area contributed by atoms with Crippen LogP contribution in [-0.2, 0) is 16.0 Å². The van der Waals surface area contributed by atoms with Crippen LogP contribution in [0.15, 0.2) is 12.1 Å². The number of ketones is 1. The van der Waals surface area contributed by atoms with E-state index in [0.717, 1.165) is 19.2 Å². The van der Waals surface area contributed by atoms with E-state index < -0.39 is 34.9 Å². The van der Waals surface area contributed by atoms with E-state index in [9.17, 15) is 35.9 Å². The Bertz CT molecular complexity index is 517. The molecule has 10 heteroatoms. The standard InChI is InChI=1S/C11H8F6O3S/c1-20-7(18)4-5-2-3-6(21-5)8(19)9(10(12,13)14)11(15,16)17/h2-3,9H,4H2,1H3. The molecule has 3 nitrogen and oxygen atoms in total. The minimum absolute atomic E-state index is 0.133. The highest BCUT2D eigenvalue weighted by atomic mass is 32.1. The summed E-state index contributed by atoms with van der Waals surface area (Å²) >= 11 is 0.395. The molecule has 0 atom stereocenters. The van der Waals surface area contributed by atoms with Crippen LogP contribution in [0.2, 0.25) is 0 Å². The molecule has 0 N–H and O–H groups in total. The van der Waals surface area contributed by atoms with Crippen LogP contribution in [0, 0.1) is 5.92 Å². The lowest BCUT2D eigenvalue weighted by atomic mass is 10.0. The van der Waals surface area contributed by atoms with Gasteiger partial charge in [0.1, 0.15) is 0 Å². The van der Waals surface area contributed by atoms with Crippen molar-refractivity contribution in [3.8, 4) is 0 Å². The summed E-state index contributed by atoms with van der Waals surface area (Å²) in [6, 6.07) is 1.94. The normalized spacial score (nSPS) is 12.6. The molecule has 118 valence electrons. The Morgan fingerprint density at radius 3 is 2.10 bits per heavy atom. The van der Waals surface area contributed by atoms with Gasteiger partial charge in [-0.15, -0.1) is 11.3 Å². The highest BCUT2D eigenvalue weighted by Gasteiger charge is 2.61. The summed E-state index contributed by atoms with van der Waals surface area (Å²) in [5.41, 5.74) is 0. The van der Waals surface area contributed by atoms with Crippen LogP contribution in [0.25, 0.3) is 0 Å². The monoisotopic (exact) mass is 334 g/mol. The van der Waals surface area contributed by atoms with Crippen LogP contribution < -0.4 is 0 Å². The number of Topliss-reactive ketones (excluding diaryl/α,β-unsaturated/α-hetero) is 1. The van der Waals surface area contributed by atoms with Crippen LogP contribution in [0.1, 0.15) is 14.5 Å². The van der Waals surface area contributed by atoms with Crippen molar-refractivity contribution in [2.45, 2.75) is 18.8 Å². The van der Waals surface area contributed by atoms with Crippen molar-refractivity contribution in [2.75, 3.05) is 7.11 Å². The van der Waals surface area contributed by atoms with Gasteiger partial charge in [-0.1, -0.05) is 0 Å². The largest absolute Gasteiger partial charge is 0.469 e. The quantitative estimate of drug-likeness (QED) is 0.482. The molecule has 0 aromatic carbocycles. The van der Waals surface area contributed by atoms with Gasteiger partial charge in [-0.3, -0.25) is 9.59 Å². The smallest absolute Gasteiger partial charge is 0.407 e. The minimum Gasteiger partial charge on any atom is -0.469 e. The summed E-state index contributed by atoms with van der Waals surface area (Å²) in [5.74, 6) is -6.88. The minimum atomic E-state index is -5.73. The molecule has 0 amide bonds. The topological polar surface area (TPSA) is 43.4 Å². The number of carbonyl (C=O) groups excluding carboxylic acids is 2. The second kappa shape index (κ2) is 6.04. The van der Waals surface area contributed by atoms with Crippen LogP contribution >= 0.6 is 11.3 Å². The Labute approximate surface area is 118 Å². The molecule has 0 fully saturated rings. The number of halogens is 6. The maximum Gasteiger partial charge on any atom is 0.407 e. The number of hydrogen-bond acceptors (Lipinski definition) is 4. The average Bonchev–Trinajstić information content (AvgIpc) is 2.73. The lowest BCUT2D eigenvalue weighted by Gasteiger charge is -2.20. The van der Waals surface area contributed by atoms with E-state index in [1.165, 1.54) is 0 Å². The summed E-state index contributed by atoms with van der Waals surface area (Å²) < 4.78 is 78.8. The van der Waals surface area contributed by atoms with E-state index in [2.05, 4.69) is 4.74 Å². The lowest BCUT2D eigenvalue weighted by molar-refractivity contribution is -0.264. The number of esters is 1. The van der Waals surface area contributed by atoms with Crippen molar-refractivity contribution in [3.05, 3.63) is 21.9 Å². The first-order valence-electron chi connectivity index (χ1n) is 5.30. The fraction of sp³-hybridized carbons (Fsp3) is 0.455. The number of thiophene rings is 1. The van der Waals surface area contributed by atoms with Gasteiger partial charge >= 0.3 is 18.3 Å². The van der Waals surface area contributed by atoms with Crippen LogP contribution in [-0.4, -0.2) is 31.2 Å². The van der Waals surface area contributed by atoms with Gasteiger partial charge in [-0.05, 0) is 12.1 Å². The van der Waals surface area contributed by atoms with Gasteiger partial charge in [0.25, 0.3) is 0 Å². The third-order valence-electron chi connectivity index (χ3n) is 2.37. The van der Waals surface area contributed by atoms with Crippen LogP contribution in [0.4, 0.5) is 26.3 Å². The number of carbonyl (C=O) groups is 2. The summed E-state index contributed by atoms with van der Waals surface area (Å²) in [4.78, 5) is 21.8. The third kappa shape index (κ3) is 4.45. The first kappa shape index (κ1) is 17.5. The third-order valence-corrected chi connectivity index (χ3v) is 3.47. The number of rotatable bonds is 4. The SMILES string of the molecule is COC(=O)Cc1ccc(C(=O)C(C(F)(F)F)C(F)(F)F)s1. The van der Waals surface area contributed by atoms with Gasteiger partial charge in [-0.2, -0.15) is 26.3 Å². The average molecular weight is 334 g/mol. The zero-order valence-electron chi connectivity index (χ0n) is 10.3. The summed E-state index contributed by atoms with van der Waals surface area (Å²) in [6.45, 7) is 0. The molecule has 1 aromatic rings. The molecule has 1 rings (SSSR count). The zero-order valence-corrected chi connectivity index (χ0v) is 11.2. The molecule has 0 aliphatic carbocycles. The van der Waals surface area contributed by atoms with E-state index in [0.29, 0.717) is 11.3 Å². The molecule has 0 radical (unpaired) electrons. The predicted molar refractivity (Wildman–Crippen MR) is 60.0 cm³/mol. The molecule has 21 heavy (non-hydrogen) atoms. The van der Waals surface area contributed by atoms with Gasteiger partial charge in [0.2, 0.25) is 5.92 Å².